The minimum Gasteiger partial charge on any atom is -0.494 e. The molecule has 6 rings (SSSR count). The van der Waals surface area contributed by atoms with Crippen LogP contribution < -0.4 is 19.8 Å². The van der Waals surface area contributed by atoms with E-state index in [9.17, 15) is 9.59 Å². The molecule has 2 aromatic heterocycles. The lowest BCUT2D eigenvalue weighted by molar-refractivity contribution is -0.00570. The van der Waals surface area contributed by atoms with E-state index in [2.05, 4.69) is 25.6 Å². The fraction of sp³-hybridized carbons (Fsp3) is 0.321. The predicted octanol–water partition coefficient (Wildman–Crippen LogP) is 3.62. The van der Waals surface area contributed by atoms with Gasteiger partial charge in [-0.05, 0) is 55.2 Å². The van der Waals surface area contributed by atoms with Crippen LogP contribution >= 0.6 is 0 Å². The molecule has 4 aromatic rings. The molecule has 4 heterocycles. The van der Waals surface area contributed by atoms with Crippen LogP contribution in [0.25, 0.3) is 11.4 Å². The van der Waals surface area contributed by atoms with Crippen LogP contribution in [0.2, 0.25) is 0 Å². The Kier molecular flexibility index (Phi) is 6.26. The molecule has 0 atom stereocenters. The van der Waals surface area contributed by atoms with Gasteiger partial charge >= 0.3 is 0 Å². The number of anilines is 2. The van der Waals surface area contributed by atoms with Crippen molar-refractivity contribution in [1.29, 1.82) is 0 Å². The number of benzene rings is 2. The van der Waals surface area contributed by atoms with Crippen molar-refractivity contribution in [3.8, 4) is 22.9 Å². The number of fused-ring (bicyclic) bond motifs is 1. The Morgan fingerprint density at radius 3 is 2.74 bits per heavy atom. The molecule has 1 amide bonds. The molecule has 1 N–H and O–H groups in total. The third kappa shape index (κ3) is 4.83. The number of aromatic nitrogens is 5. The third-order valence-corrected chi connectivity index (χ3v) is 7.25. The van der Waals surface area contributed by atoms with Crippen molar-refractivity contribution in [1.82, 2.24) is 29.9 Å². The number of rotatable bonds is 6. The number of hydrogen-bond acceptors (Lipinski definition) is 8. The van der Waals surface area contributed by atoms with Gasteiger partial charge in [-0.25, -0.2) is 0 Å². The number of carbonyl (C=O) groups excluding carboxylic acids is 2. The molecule has 0 saturated carbocycles. The smallest absolute Gasteiger partial charge is 0.254 e. The van der Waals surface area contributed by atoms with E-state index < -0.39 is 5.60 Å². The molecule has 2 aliphatic heterocycles. The monoisotopic (exact) mass is 526 g/mol. The second-order valence-electron chi connectivity index (χ2n) is 9.82. The lowest BCUT2D eigenvalue weighted by Gasteiger charge is -2.44. The molecule has 11 nitrogen and oxygen atoms in total. The van der Waals surface area contributed by atoms with Crippen LogP contribution in [-0.4, -0.2) is 61.9 Å². The van der Waals surface area contributed by atoms with E-state index in [0.29, 0.717) is 66.6 Å². The van der Waals surface area contributed by atoms with Crippen LogP contribution in [0.15, 0.2) is 55.0 Å². The van der Waals surface area contributed by atoms with Gasteiger partial charge in [-0.3, -0.25) is 14.3 Å². The minimum atomic E-state index is -0.620. The van der Waals surface area contributed by atoms with Crippen LogP contribution in [0, 0.1) is 0 Å². The summed E-state index contributed by atoms with van der Waals surface area (Å²) in [5.74, 6) is 2.36. The third-order valence-electron chi connectivity index (χ3n) is 7.25. The van der Waals surface area contributed by atoms with Crippen molar-refractivity contribution in [3.63, 3.8) is 0 Å². The second kappa shape index (κ2) is 9.90. The number of piperidine rings is 1. The Morgan fingerprint density at radius 1 is 1.18 bits per heavy atom. The molecule has 39 heavy (non-hydrogen) atoms. The molecular formula is C28H28N7O4-. The average molecular weight is 527 g/mol. The fourth-order valence-electron chi connectivity index (χ4n) is 5.22. The number of nitrogens with one attached hydrogen (secondary N) is 1. The molecular weight excluding hydrogens is 498 g/mol. The molecule has 1 spiro atoms. The Bertz CT molecular complexity index is 1520. The number of carbonyl (C=O) groups is 2. The number of nitrogens with zero attached hydrogens (tertiary/aromatic N) is 6. The Balaban J connectivity index is 1.16. The predicted molar refractivity (Wildman–Crippen MR) is 142 cm³/mol. The first-order valence-electron chi connectivity index (χ1n) is 12.9. The number of hydrogen-bond donors (Lipinski definition) is 1. The van der Waals surface area contributed by atoms with Crippen molar-refractivity contribution in [2.24, 2.45) is 7.05 Å². The lowest BCUT2D eigenvalue weighted by Crippen LogP contribution is -2.52. The van der Waals surface area contributed by atoms with Gasteiger partial charge < -0.3 is 34.9 Å². The SMILES string of the molecule is CCOc1cc(C(=O)N2CCC3(CC2)CC(=O)c2cc(Nc4ccnn4C)ccc2O3)cc(-c2nnc[n-]2)c1. The molecule has 0 aliphatic carbocycles. The molecule has 0 radical (unpaired) electrons. The van der Waals surface area contributed by atoms with Crippen LogP contribution in [0.5, 0.6) is 11.5 Å². The fourth-order valence-corrected chi connectivity index (χ4v) is 5.22. The van der Waals surface area contributed by atoms with Gasteiger partial charge in [-0.15, -0.1) is 0 Å². The zero-order chi connectivity index (χ0) is 27.0. The number of amides is 1. The van der Waals surface area contributed by atoms with E-state index in [-0.39, 0.29) is 18.1 Å². The highest BCUT2D eigenvalue weighted by Gasteiger charge is 2.44. The van der Waals surface area contributed by atoms with E-state index in [1.807, 2.05) is 38.2 Å². The first kappa shape index (κ1) is 24.7. The van der Waals surface area contributed by atoms with Crippen LogP contribution in [-0.2, 0) is 7.05 Å². The van der Waals surface area contributed by atoms with Crippen LogP contribution in [0.4, 0.5) is 11.5 Å². The van der Waals surface area contributed by atoms with E-state index in [1.165, 1.54) is 6.33 Å². The Morgan fingerprint density at radius 2 is 2.03 bits per heavy atom. The Hall–Kier alpha value is -4.67. The number of Topliss-reactive ketones (excluding diaryl/α,β-unsaturated/α-hetero) is 1. The summed E-state index contributed by atoms with van der Waals surface area (Å²) in [5, 5.41) is 15.2. The number of likely N-dealkylation sites (tertiary alicyclic amines) is 1. The molecule has 0 unspecified atom stereocenters. The lowest BCUT2D eigenvalue weighted by atomic mass is 9.82. The van der Waals surface area contributed by atoms with Crippen molar-refractivity contribution in [3.05, 3.63) is 66.1 Å². The van der Waals surface area contributed by atoms with Gasteiger partial charge in [0.25, 0.3) is 5.91 Å². The number of aryl methyl sites for hydroxylation is 1. The summed E-state index contributed by atoms with van der Waals surface area (Å²) in [4.78, 5) is 32.7. The van der Waals surface area contributed by atoms with Gasteiger partial charge in [0.1, 0.15) is 22.9 Å². The maximum atomic E-state index is 13.5. The van der Waals surface area contributed by atoms with Crippen molar-refractivity contribution >= 4 is 23.2 Å². The molecule has 2 aromatic carbocycles. The first-order chi connectivity index (χ1) is 18.9. The summed E-state index contributed by atoms with van der Waals surface area (Å²) in [6.07, 6.45) is 4.48. The summed E-state index contributed by atoms with van der Waals surface area (Å²) < 4.78 is 13.9. The minimum absolute atomic E-state index is 0.0436. The molecule has 11 heteroatoms. The van der Waals surface area contributed by atoms with Crippen LogP contribution in [0.1, 0.15) is 46.9 Å². The standard InChI is InChI=1S/C28H28N7O4/c1-3-38-21-13-18(26-29-17-30-33-26)12-19(14-21)27(37)35-10-7-28(8-11-35)16-23(36)22-15-20(4-5-24(22)39-28)32-25-6-9-31-34(25)2/h4-6,9,12-15,17H,3,7-8,10-11,16H2,1-2H3,(H-,29,30,31,32,33)/q-1. The zero-order valence-corrected chi connectivity index (χ0v) is 21.8. The van der Waals surface area contributed by atoms with Crippen LogP contribution in [0.3, 0.4) is 0 Å². The van der Waals surface area contributed by atoms with Gasteiger partial charge in [0.05, 0.1) is 24.8 Å². The maximum absolute atomic E-state index is 13.5. The van der Waals surface area contributed by atoms with Crippen molar-refractivity contribution in [2.45, 2.75) is 31.8 Å². The number of ether oxygens (including phenoxy) is 2. The highest BCUT2D eigenvalue weighted by Crippen LogP contribution is 2.41. The van der Waals surface area contributed by atoms with E-state index in [1.54, 1.807) is 34.0 Å². The molecule has 200 valence electrons. The largest absolute Gasteiger partial charge is 0.494 e. The van der Waals surface area contributed by atoms with Gasteiger partial charge in [0, 0.05) is 56.1 Å². The Labute approximate surface area is 225 Å². The van der Waals surface area contributed by atoms with Crippen molar-refractivity contribution < 1.29 is 19.1 Å². The van der Waals surface area contributed by atoms with E-state index in [0.717, 1.165) is 11.5 Å². The number of ketones is 1. The summed E-state index contributed by atoms with van der Waals surface area (Å²) in [6, 6.07) is 12.7. The van der Waals surface area contributed by atoms with Gasteiger partial charge in [0.15, 0.2) is 5.78 Å². The topological polar surface area (TPSA) is 126 Å². The van der Waals surface area contributed by atoms with Gasteiger partial charge in [-0.2, -0.15) is 5.10 Å². The molecule has 1 fully saturated rings. The zero-order valence-electron chi connectivity index (χ0n) is 21.8. The average Bonchev–Trinajstić information content (AvgIpc) is 3.62. The van der Waals surface area contributed by atoms with Crippen molar-refractivity contribution in [2.75, 3.05) is 25.0 Å². The normalized spacial score (nSPS) is 16.1. The summed E-state index contributed by atoms with van der Waals surface area (Å²) in [7, 11) is 1.85. The second-order valence-corrected chi connectivity index (χ2v) is 9.82. The summed E-state index contributed by atoms with van der Waals surface area (Å²) in [6.45, 7) is 3.31. The van der Waals surface area contributed by atoms with Gasteiger partial charge in [0.2, 0.25) is 0 Å². The first-order valence-corrected chi connectivity index (χ1v) is 12.9. The van der Waals surface area contributed by atoms with E-state index >= 15 is 0 Å². The maximum Gasteiger partial charge on any atom is 0.254 e. The molecule has 0 bridgehead atoms. The van der Waals surface area contributed by atoms with Gasteiger partial charge in [-0.1, -0.05) is 0 Å². The molecule has 2 aliphatic rings. The highest BCUT2D eigenvalue weighted by molar-refractivity contribution is 6.01. The summed E-state index contributed by atoms with van der Waals surface area (Å²) in [5.41, 5.74) is 1.91. The quantitative estimate of drug-likeness (QED) is 0.401. The van der Waals surface area contributed by atoms with E-state index in [4.69, 9.17) is 9.47 Å². The highest BCUT2D eigenvalue weighted by atomic mass is 16.5. The molecule has 1 saturated heterocycles. The summed E-state index contributed by atoms with van der Waals surface area (Å²) >= 11 is 0.